The Morgan fingerprint density at radius 2 is 2.21 bits per heavy atom. The van der Waals surface area contributed by atoms with Crippen molar-refractivity contribution in [3.63, 3.8) is 0 Å². The molecule has 2 aromatic rings. The highest BCUT2D eigenvalue weighted by Crippen LogP contribution is 2.20. The van der Waals surface area contributed by atoms with Gasteiger partial charge in [-0.15, -0.1) is 0 Å². The molecule has 0 saturated carbocycles. The molecule has 6 heteroatoms. The molecule has 0 saturated heterocycles. The van der Waals surface area contributed by atoms with Crippen LogP contribution in [-0.2, 0) is 11.2 Å². The van der Waals surface area contributed by atoms with Crippen LogP contribution in [0, 0.1) is 5.92 Å². The number of aromatic nitrogens is 2. The maximum Gasteiger partial charge on any atom is 0.218 e. The average molecular weight is 277 g/mol. The van der Waals surface area contributed by atoms with Gasteiger partial charge in [0.15, 0.2) is 5.13 Å². The highest BCUT2D eigenvalue weighted by atomic mass is 32.1. The smallest absolute Gasteiger partial charge is 0.218 e. The minimum absolute atomic E-state index is 0.545. The van der Waals surface area contributed by atoms with Crippen molar-refractivity contribution in [1.82, 2.24) is 9.97 Å². The van der Waals surface area contributed by atoms with Crippen LogP contribution in [0.4, 0.5) is 5.13 Å². The summed E-state index contributed by atoms with van der Waals surface area (Å²) < 4.78 is 5.59. The van der Waals surface area contributed by atoms with Gasteiger partial charge in [0.1, 0.15) is 5.76 Å². The maximum atomic E-state index is 10.3. The van der Waals surface area contributed by atoms with Crippen LogP contribution in [0.3, 0.4) is 0 Å². The van der Waals surface area contributed by atoms with Gasteiger partial charge in [0, 0.05) is 23.6 Å². The Balaban J connectivity index is 2.00. The van der Waals surface area contributed by atoms with Gasteiger partial charge in [-0.3, -0.25) is 4.79 Å². The predicted octanol–water partition coefficient (Wildman–Crippen LogP) is 3.07. The molecule has 5 nitrogen and oxygen atoms in total. The van der Waals surface area contributed by atoms with E-state index in [1.54, 1.807) is 18.5 Å². The lowest BCUT2D eigenvalue weighted by Gasteiger charge is -1.97. The summed E-state index contributed by atoms with van der Waals surface area (Å²) in [7, 11) is 0. The Bertz CT molecular complexity index is 572. The van der Waals surface area contributed by atoms with E-state index >= 15 is 0 Å². The molecule has 1 amide bonds. The van der Waals surface area contributed by atoms with Crippen LogP contribution in [0.25, 0.3) is 12.2 Å². The molecule has 0 fully saturated rings. The van der Waals surface area contributed by atoms with Crippen LogP contribution in [0.15, 0.2) is 16.8 Å². The molecule has 0 aromatic carbocycles. The van der Waals surface area contributed by atoms with Gasteiger partial charge in [0.2, 0.25) is 12.3 Å². The summed E-state index contributed by atoms with van der Waals surface area (Å²) in [6.07, 6.45) is 8.59. The number of nitrogens with one attached hydrogen (secondary N) is 1. The van der Waals surface area contributed by atoms with E-state index in [2.05, 4.69) is 29.1 Å². The Labute approximate surface area is 115 Å². The molecular weight excluding hydrogens is 262 g/mol. The first kappa shape index (κ1) is 13.5. The number of nitrogens with zero attached hydrogens (tertiary/aromatic N) is 2. The lowest BCUT2D eigenvalue weighted by molar-refractivity contribution is -0.105. The van der Waals surface area contributed by atoms with Crippen LogP contribution < -0.4 is 5.32 Å². The number of amides is 1. The topological polar surface area (TPSA) is 68.0 Å². The molecular formula is C13H15N3O2S. The molecule has 0 radical (unpaired) electrons. The van der Waals surface area contributed by atoms with Gasteiger partial charge in [-0.25, -0.2) is 9.97 Å². The molecule has 0 aliphatic heterocycles. The normalized spacial score (nSPS) is 11.3. The summed E-state index contributed by atoms with van der Waals surface area (Å²) in [4.78, 5) is 19.4. The average Bonchev–Trinajstić information content (AvgIpc) is 2.96. The van der Waals surface area contributed by atoms with E-state index in [0.29, 0.717) is 23.4 Å². The molecule has 0 aliphatic carbocycles. The third-order valence-electron chi connectivity index (χ3n) is 2.28. The molecule has 2 heterocycles. The van der Waals surface area contributed by atoms with Crippen molar-refractivity contribution in [3.05, 3.63) is 28.9 Å². The van der Waals surface area contributed by atoms with E-state index in [4.69, 9.17) is 4.42 Å². The molecule has 0 spiro atoms. The highest BCUT2D eigenvalue weighted by molar-refractivity contribution is 7.16. The second-order valence-corrected chi connectivity index (χ2v) is 5.49. The van der Waals surface area contributed by atoms with Gasteiger partial charge in [-0.1, -0.05) is 25.2 Å². The standard InChI is InChI=1S/C13H15N3O2S/c1-9(2)5-10-6-14-12(18-10)4-3-11-7-15-13(19-11)16-8-17/h3-4,6-9H,5H2,1-2H3,(H,15,16,17)/b4-3+. The van der Waals surface area contributed by atoms with E-state index in [-0.39, 0.29) is 0 Å². The maximum absolute atomic E-state index is 10.3. The molecule has 0 atom stereocenters. The van der Waals surface area contributed by atoms with Crippen molar-refractivity contribution in [2.24, 2.45) is 5.92 Å². The van der Waals surface area contributed by atoms with Gasteiger partial charge < -0.3 is 9.73 Å². The zero-order valence-corrected chi connectivity index (χ0v) is 11.6. The van der Waals surface area contributed by atoms with Crippen LogP contribution in [0.2, 0.25) is 0 Å². The summed E-state index contributed by atoms with van der Waals surface area (Å²) in [5, 5.41) is 3.08. The van der Waals surface area contributed by atoms with Gasteiger partial charge >= 0.3 is 0 Å². The first-order valence-corrected chi connectivity index (χ1v) is 6.78. The van der Waals surface area contributed by atoms with E-state index in [1.807, 2.05) is 6.08 Å². The third-order valence-corrected chi connectivity index (χ3v) is 3.17. The molecule has 0 bridgehead atoms. The van der Waals surface area contributed by atoms with E-state index in [9.17, 15) is 4.79 Å². The van der Waals surface area contributed by atoms with E-state index in [1.165, 1.54) is 11.3 Å². The zero-order valence-electron chi connectivity index (χ0n) is 10.8. The highest BCUT2D eigenvalue weighted by Gasteiger charge is 2.04. The first-order chi connectivity index (χ1) is 9.17. The second kappa shape index (κ2) is 6.29. The zero-order chi connectivity index (χ0) is 13.7. The Morgan fingerprint density at radius 1 is 1.37 bits per heavy atom. The minimum Gasteiger partial charge on any atom is -0.442 e. The fourth-order valence-electron chi connectivity index (χ4n) is 1.53. The van der Waals surface area contributed by atoms with Gasteiger partial charge in [0.05, 0.1) is 6.20 Å². The van der Waals surface area contributed by atoms with Crippen LogP contribution >= 0.6 is 11.3 Å². The number of oxazole rings is 1. The lowest BCUT2D eigenvalue weighted by Crippen LogP contribution is -1.90. The summed E-state index contributed by atoms with van der Waals surface area (Å²) in [5.74, 6) is 2.01. The molecule has 2 aromatic heterocycles. The van der Waals surface area contributed by atoms with Gasteiger partial charge in [-0.2, -0.15) is 0 Å². The lowest BCUT2D eigenvalue weighted by atomic mass is 10.1. The van der Waals surface area contributed by atoms with E-state index in [0.717, 1.165) is 17.1 Å². The van der Waals surface area contributed by atoms with Gasteiger partial charge in [-0.05, 0) is 12.0 Å². The van der Waals surface area contributed by atoms with E-state index < -0.39 is 0 Å². The Morgan fingerprint density at radius 3 is 2.95 bits per heavy atom. The van der Waals surface area contributed by atoms with Gasteiger partial charge in [0.25, 0.3) is 0 Å². The van der Waals surface area contributed by atoms with Crippen LogP contribution in [-0.4, -0.2) is 16.4 Å². The monoisotopic (exact) mass is 277 g/mol. The van der Waals surface area contributed by atoms with Crippen molar-refractivity contribution >= 4 is 35.0 Å². The molecule has 0 unspecified atom stereocenters. The fourth-order valence-corrected chi connectivity index (χ4v) is 2.21. The molecule has 2 rings (SSSR count). The van der Waals surface area contributed by atoms with Crippen molar-refractivity contribution in [3.8, 4) is 0 Å². The minimum atomic E-state index is 0.545. The number of carbonyl (C=O) groups excluding carboxylic acids is 1. The largest absolute Gasteiger partial charge is 0.442 e. The number of anilines is 1. The number of hydrogen-bond acceptors (Lipinski definition) is 5. The Hall–Kier alpha value is -1.95. The third kappa shape index (κ3) is 4.03. The number of rotatable bonds is 6. The summed E-state index contributed by atoms with van der Waals surface area (Å²) in [6, 6.07) is 0. The Kier molecular flexibility index (Phi) is 4.46. The first-order valence-electron chi connectivity index (χ1n) is 5.96. The number of carbonyl (C=O) groups is 1. The van der Waals surface area contributed by atoms with Crippen LogP contribution in [0.5, 0.6) is 0 Å². The second-order valence-electron chi connectivity index (χ2n) is 4.43. The summed E-state index contributed by atoms with van der Waals surface area (Å²) >= 11 is 1.38. The summed E-state index contributed by atoms with van der Waals surface area (Å²) in [5.41, 5.74) is 0. The predicted molar refractivity (Wildman–Crippen MR) is 75.8 cm³/mol. The molecule has 100 valence electrons. The number of hydrogen-bond donors (Lipinski definition) is 1. The quantitative estimate of drug-likeness (QED) is 0.824. The molecule has 1 N–H and O–H groups in total. The molecule has 19 heavy (non-hydrogen) atoms. The molecule has 0 aliphatic rings. The van der Waals surface area contributed by atoms with Crippen molar-refractivity contribution in [2.75, 3.05) is 5.32 Å². The van der Waals surface area contributed by atoms with Crippen molar-refractivity contribution in [1.29, 1.82) is 0 Å². The summed E-state index contributed by atoms with van der Waals surface area (Å²) in [6.45, 7) is 4.27. The fraction of sp³-hybridized carbons (Fsp3) is 0.308. The van der Waals surface area contributed by atoms with Crippen LogP contribution in [0.1, 0.15) is 30.4 Å². The number of thiazole rings is 1. The SMILES string of the molecule is CC(C)Cc1cnc(/C=C/c2cnc(NC=O)s2)o1. The van der Waals surface area contributed by atoms with Crippen molar-refractivity contribution in [2.45, 2.75) is 20.3 Å². The van der Waals surface area contributed by atoms with Crippen molar-refractivity contribution < 1.29 is 9.21 Å².